The summed E-state index contributed by atoms with van der Waals surface area (Å²) in [5.74, 6) is 1.74. The van der Waals surface area contributed by atoms with E-state index in [1.165, 1.54) is 0 Å². The van der Waals surface area contributed by atoms with Crippen molar-refractivity contribution in [2.24, 2.45) is 17.6 Å². The maximum atomic E-state index is 11.8. The van der Waals surface area contributed by atoms with Crippen molar-refractivity contribution in [3.8, 4) is 0 Å². The van der Waals surface area contributed by atoms with Crippen molar-refractivity contribution in [2.45, 2.75) is 26.2 Å². The molecule has 3 N–H and O–H groups in total. The van der Waals surface area contributed by atoms with Gasteiger partial charge in [-0.25, -0.2) is 0 Å². The lowest BCUT2D eigenvalue weighted by molar-refractivity contribution is -0.125. The third kappa shape index (κ3) is 3.87. The van der Waals surface area contributed by atoms with Gasteiger partial charge in [0.2, 0.25) is 5.91 Å². The van der Waals surface area contributed by atoms with E-state index in [2.05, 4.69) is 5.32 Å². The Balaban J connectivity index is 2.26. The van der Waals surface area contributed by atoms with Crippen LogP contribution in [0.1, 0.15) is 26.2 Å². The number of carbonyl (C=O) groups is 1. The number of nitrogens with one attached hydrogen (secondary N) is 1. The van der Waals surface area contributed by atoms with E-state index >= 15 is 0 Å². The van der Waals surface area contributed by atoms with Crippen LogP contribution in [0, 0.1) is 11.8 Å². The molecule has 94 valence electrons. The maximum Gasteiger partial charge on any atom is 0.223 e. The zero-order chi connectivity index (χ0) is 12.0. The van der Waals surface area contributed by atoms with Crippen molar-refractivity contribution in [3.63, 3.8) is 0 Å². The quantitative estimate of drug-likeness (QED) is 0.705. The molecule has 0 heterocycles. The molecule has 1 rings (SSSR count). The minimum Gasteiger partial charge on any atom is -0.355 e. The van der Waals surface area contributed by atoms with Crippen LogP contribution in [0.5, 0.6) is 0 Å². The molecule has 0 bridgehead atoms. The minimum atomic E-state index is -0.795. The summed E-state index contributed by atoms with van der Waals surface area (Å²) in [6.45, 7) is 3.01. The molecule has 0 aromatic carbocycles. The van der Waals surface area contributed by atoms with E-state index in [0.717, 1.165) is 19.3 Å². The molecule has 16 heavy (non-hydrogen) atoms. The van der Waals surface area contributed by atoms with Crippen molar-refractivity contribution >= 4 is 16.7 Å². The van der Waals surface area contributed by atoms with Crippen LogP contribution >= 0.6 is 0 Å². The van der Waals surface area contributed by atoms with Gasteiger partial charge in [0.15, 0.2) is 0 Å². The molecule has 5 heteroatoms. The highest BCUT2D eigenvalue weighted by Crippen LogP contribution is 2.30. The van der Waals surface area contributed by atoms with Crippen LogP contribution in [-0.4, -0.2) is 34.7 Å². The van der Waals surface area contributed by atoms with Crippen LogP contribution in [0.15, 0.2) is 0 Å². The average Bonchev–Trinajstić information content (AvgIpc) is 2.76. The van der Waals surface area contributed by atoms with Crippen LogP contribution < -0.4 is 11.1 Å². The van der Waals surface area contributed by atoms with Crippen molar-refractivity contribution < 1.29 is 9.00 Å². The highest BCUT2D eigenvalue weighted by Gasteiger charge is 2.31. The molecular formula is C11H22N2O2S. The molecular weight excluding hydrogens is 224 g/mol. The second-order valence-corrected chi connectivity index (χ2v) is 6.12. The fourth-order valence-electron chi connectivity index (χ4n) is 2.23. The van der Waals surface area contributed by atoms with E-state index in [1.807, 2.05) is 6.92 Å². The van der Waals surface area contributed by atoms with Crippen LogP contribution in [-0.2, 0) is 15.6 Å². The van der Waals surface area contributed by atoms with Gasteiger partial charge in [0.05, 0.1) is 0 Å². The lowest BCUT2D eigenvalue weighted by atomic mass is 9.95. The third-order valence-electron chi connectivity index (χ3n) is 3.25. The van der Waals surface area contributed by atoms with Gasteiger partial charge in [-0.1, -0.05) is 13.3 Å². The van der Waals surface area contributed by atoms with E-state index in [1.54, 1.807) is 0 Å². The zero-order valence-corrected chi connectivity index (χ0v) is 10.7. The summed E-state index contributed by atoms with van der Waals surface area (Å²) < 4.78 is 11.2. The van der Waals surface area contributed by atoms with Gasteiger partial charge < -0.3 is 11.1 Å². The summed E-state index contributed by atoms with van der Waals surface area (Å²) in [5, 5.41) is 2.87. The second kappa shape index (κ2) is 7.01. The molecule has 3 atom stereocenters. The molecule has 0 aromatic rings. The zero-order valence-electron chi connectivity index (χ0n) is 9.91. The third-order valence-corrected chi connectivity index (χ3v) is 4.55. The molecule has 1 aliphatic rings. The van der Waals surface area contributed by atoms with Crippen molar-refractivity contribution in [1.29, 1.82) is 0 Å². The Hall–Kier alpha value is -0.420. The fraction of sp³-hybridized carbons (Fsp3) is 0.909. The molecule has 1 fully saturated rings. The van der Waals surface area contributed by atoms with E-state index < -0.39 is 10.8 Å². The summed E-state index contributed by atoms with van der Waals surface area (Å²) in [6, 6.07) is 0. The van der Waals surface area contributed by atoms with Gasteiger partial charge in [-0.05, 0) is 25.3 Å². The number of hydrogen-bond acceptors (Lipinski definition) is 3. The fourth-order valence-corrected chi connectivity index (χ4v) is 2.85. The first-order chi connectivity index (χ1) is 7.69. The monoisotopic (exact) mass is 246 g/mol. The summed E-state index contributed by atoms with van der Waals surface area (Å²) in [6.07, 6.45) is 3.11. The Morgan fingerprint density at radius 2 is 2.25 bits per heavy atom. The second-order valence-electron chi connectivity index (χ2n) is 4.26. The Morgan fingerprint density at radius 3 is 2.88 bits per heavy atom. The number of amides is 1. The first-order valence-corrected chi connectivity index (χ1v) is 7.50. The summed E-state index contributed by atoms with van der Waals surface area (Å²) in [5.41, 5.74) is 5.63. The van der Waals surface area contributed by atoms with Crippen LogP contribution in [0.2, 0.25) is 0 Å². The van der Waals surface area contributed by atoms with Gasteiger partial charge in [0.1, 0.15) is 0 Å². The van der Waals surface area contributed by atoms with Gasteiger partial charge in [-0.2, -0.15) is 0 Å². The van der Waals surface area contributed by atoms with Gasteiger partial charge in [0, 0.05) is 34.8 Å². The molecule has 0 spiro atoms. The van der Waals surface area contributed by atoms with Gasteiger partial charge in [-0.15, -0.1) is 0 Å². The molecule has 0 aromatic heterocycles. The Bertz CT molecular complexity index is 258. The van der Waals surface area contributed by atoms with Crippen LogP contribution in [0.25, 0.3) is 0 Å². The van der Waals surface area contributed by atoms with E-state index in [4.69, 9.17) is 5.73 Å². The molecule has 0 radical (unpaired) electrons. The number of nitrogens with two attached hydrogens (primary N) is 1. The molecule has 4 nitrogen and oxygen atoms in total. The molecule has 1 aliphatic carbocycles. The summed E-state index contributed by atoms with van der Waals surface area (Å²) in [7, 11) is -0.795. The smallest absolute Gasteiger partial charge is 0.223 e. The molecule has 1 amide bonds. The van der Waals surface area contributed by atoms with E-state index in [-0.39, 0.29) is 11.8 Å². The Labute approximate surface area is 99.8 Å². The van der Waals surface area contributed by atoms with Gasteiger partial charge >= 0.3 is 0 Å². The summed E-state index contributed by atoms with van der Waals surface area (Å²) in [4.78, 5) is 11.8. The maximum absolute atomic E-state index is 11.8. The largest absolute Gasteiger partial charge is 0.355 e. The SMILES string of the molecule is CCS(=O)CCNC(=O)C1CCCC1CN. The van der Waals surface area contributed by atoms with Crippen LogP contribution in [0.3, 0.4) is 0 Å². The number of rotatable bonds is 6. The molecule has 3 unspecified atom stereocenters. The molecule has 0 aliphatic heterocycles. The van der Waals surface area contributed by atoms with Crippen molar-refractivity contribution in [2.75, 3.05) is 24.6 Å². The van der Waals surface area contributed by atoms with E-state index in [9.17, 15) is 9.00 Å². The highest BCUT2D eigenvalue weighted by atomic mass is 32.2. The normalized spacial score (nSPS) is 26.6. The Morgan fingerprint density at radius 1 is 1.50 bits per heavy atom. The van der Waals surface area contributed by atoms with Crippen molar-refractivity contribution in [3.05, 3.63) is 0 Å². The lowest BCUT2D eigenvalue weighted by Crippen LogP contribution is -2.36. The highest BCUT2D eigenvalue weighted by molar-refractivity contribution is 7.84. The van der Waals surface area contributed by atoms with Crippen LogP contribution in [0.4, 0.5) is 0 Å². The first kappa shape index (κ1) is 13.6. The lowest BCUT2D eigenvalue weighted by Gasteiger charge is -2.17. The minimum absolute atomic E-state index is 0.0834. The average molecular weight is 246 g/mol. The number of carbonyl (C=O) groups excluding carboxylic acids is 1. The van der Waals surface area contributed by atoms with Gasteiger partial charge in [0.25, 0.3) is 0 Å². The van der Waals surface area contributed by atoms with Gasteiger partial charge in [-0.3, -0.25) is 9.00 Å². The van der Waals surface area contributed by atoms with Crippen molar-refractivity contribution in [1.82, 2.24) is 5.32 Å². The summed E-state index contributed by atoms with van der Waals surface area (Å²) >= 11 is 0. The topological polar surface area (TPSA) is 72.2 Å². The Kier molecular flexibility index (Phi) is 5.98. The predicted octanol–water partition coefficient (Wildman–Crippen LogP) is 0.246. The first-order valence-electron chi connectivity index (χ1n) is 6.01. The number of hydrogen-bond donors (Lipinski definition) is 2. The van der Waals surface area contributed by atoms with E-state index in [0.29, 0.717) is 30.5 Å². The standard InChI is InChI=1S/C11H22N2O2S/c1-2-16(15)7-6-13-11(14)10-5-3-4-9(10)8-12/h9-10H,2-8,12H2,1H3,(H,13,14). The molecule has 0 saturated heterocycles. The predicted molar refractivity (Wildman–Crippen MR) is 66.4 cm³/mol. The molecule has 1 saturated carbocycles.